The van der Waals surface area contributed by atoms with Crippen LogP contribution >= 0.6 is 0 Å². The number of hydrogen-bond acceptors (Lipinski definition) is 4. The number of carboxylic acids is 1. The maximum atomic E-state index is 12.5. The van der Waals surface area contributed by atoms with E-state index in [1.54, 1.807) is 0 Å². The van der Waals surface area contributed by atoms with E-state index in [9.17, 15) is 14.4 Å². The summed E-state index contributed by atoms with van der Waals surface area (Å²) in [6.07, 6.45) is 53.4. The van der Waals surface area contributed by atoms with Crippen LogP contribution in [0.1, 0.15) is 162 Å². The molecule has 6 heteroatoms. The van der Waals surface area contributed by atoms with Gasteiger partial charge in [0.25, 0.3) is 0 Å². The van der Waals surface area contributed by atoms with Crippen LogP contribution in [0.15, 0.2) is 85.1 Å². The lowest BCUT2D eigenvalue weighted by Crippen LogP contribution is -2.28. The number of aliphatic carboxylic acids is 1. The number of allylic oxidation sites excluding steroid dienone is 12. The van der Waals surface area contributed by atoms with Crippen molar-refractivity contribution in [2.45, 2.75) is 168 Å². The maximum Gasteiger partial charge on any atom is 0.322 e. The van der Waals surface area contributed by atoms with Crippen LogP contribution in [-0.2, 0) is 19.1 Å². The highest BCUT2D eigenvalue weighted by Gasteiger charge is 2.09. The molecule has 0 aromatic carbocycles. The minimum atomic E-state index is -1.04. The van der Waals surface area contributed by atoms with Crippen molar-refractivity contribution in [2.24, 2.45) is 0 Å². The first-order valence-electron chi connectivity index (χ1n) is 19.8. The Morgan fingerprint density at radius 3 is 1.50 bits per heavy atom. The number of unbranched alkanes of at least 4 members (excludes halogenated alkanes) is 13. The first-order chi connectivity index (χ1) is 24.5. The summed E-state index contributed by atoms with van der Waals surface area (Å²) in [5.74, 6) is -1.41. The monoisotopic (exact) mass is 694 g/mol. The molecule has 0 saturated carbocycles. The van der Waals surface area contributed by atoms with E-state index in [1.165, 1.54) is 57.8 Å². The van der Waals surface area contributed by atoms with Gasteiger partial charge in [0, 0.05) is 12.8 Å². The van der Waals surface area contributed by atoms with Crippen molar-refractivity contribution in [3.8, 4) is 0 Å². The van der Waals surface area contributed by atoms with Crippen LogP contribution in [0.2, 0.25) is 0 Å². The topological polar surface area (TPSA) is 92.7 Å². The Hall–Kier alpha value is -3.41. The van der Waals surface area contributed by atoms with Gasteiger partial charge in [-0.3, -0.25) is 14.4 Å². The van der Waals surface area contributed by atoms with Gasteiger partial charge in [-0.2, -0.15) is 0 Å². The number of carboxylic acid groups (broad SMARTS) is 1. The van der Waals surface area contributed by atoms with Gasteiger partial charge in [0.05, 0.1) is 0 Å². The molecule has 0 aromatic rings. The number of carbonyl (C=O) groups is 3. The lowest BCUT2D eigenvalue weighted by Gasteiger charge is -2.11. The first-order valence-corrected chi connectivity index (χ1v) is 19.8. The SMILES string of the molecule is CC/C=C\C/C=C\C/C=C\C/C=C\CCCCCCCCCCCCC(=O)OC(/C=C\C/C=C\CC)/C=C\CCCCCC(=O)NCC(=O)O. The summed E-state index contributed by atoms with van der Waals surface area (Å²) in [5.41, 5.74) is 0. The summed E-state index contributed by atoms with van der Waals surface area (Å²) in [4.78, 5) is 34.7. The molecule has 282 valence electrons. The Kier molecular flexibility index (Phi) is 35.8. The van der Waals surface area contributed by atoms with Crippen molar-refractivity contribution >= 4 is 17.8 Å². The second-order valence-corrected chi connectivity index (χ2v) is 12.8. The van der Waals surface area contributed by atoms with E-state index in [4.69, 9.17) is 9.84 Å². The minimum Gasteiger partial charge on any atom is -0.480 e. The third kappa shape index (κ3) is 37.4. The number of esters is 1. The number of nitrogens with one attached hydrogen (secondary N) is 1. The summed E-state index contributed by atoms with van der Waals surface area (Å²) in [6, 6.07) is 0. The summed E-state index contributed by atoms with van der Waals surface area (Å²) >= 11 is 0. The van der Waals surface area contributed by atoms with Gasteiger partial charge in [-0.15, -0.1) is 0 Å². The maximum absolute atomic E-state index is 12.5. The normalized spacial score (nSPS) is 13.0. The number of hydrogen-bond donors (Lipinski definition) is 2. The van der Waals surface area contributed by atoms with E-state index in [0.29, 0.717) is 12.8 Å². The van der Waals surface area contributed by atoms with E-state index in [-0.39, 0.29) is 24.5 Å². The molecule has 0 aromatic heterocycles. The van der Waals surface area contributed by atoms with Gasteiger partial charge in [-0.1, -0.05) is 145 Å². The molecule has 0 aliphatic heterocycles. The highest BCUT2D eigenvalue weighted by Crippen LogP contribution is 2.13. The molecule has 1 unspecified atom stereocenters. The van der Waals surface area contributed by atoms with Crippen LogP contribution < -0.4 is 5.32 Å². The van der Waals surface area contributed by atoms with E-state index in [1.807, 2.05) is 24.3 Å². The fraction of sp³-hybridized carbons (Fsp3) is 0.614. The fourth-order valence-corrected chi connectivity index (χ4v) is 5.17. The summed E-state index contributed by atoms with van der Waals surface area (Å²) in [5, 5.41) is 11.0. The van der Waals surface area contributed by atoms with E-state index < -0.39 is 5.97 Å². The number of amides is 1. The molecule has 0 heterocycles. The molecule has 0 spiro atoms. The minimum absolute atomic E-state index is 0.147. The van der Waals surface area contributed by atoms with Gasteiger partial charge < -0.3 is 15.2 Å². The Balaban J connectivity index is 3.95. The van der Waals surface area contributed by atoms with Gasteiger partial charge >= 0.3 is 11.9 Å². The molecule has 0 radical (unpaired) electrons. The van der Waals surface area contributed by atoms with Crippen molar-refractivity contribution in [1.29, 1.82) is 0 Å². The van der Waals surface area contributed by atoms with Crippen molar-refractivity contribution < 1.29 is 24.2 Å². The molecule has 0 aliphatic carbocycles. The van der Waals surface area contributed by atoms with Crippen LogP contribution in [0.3, 0.4) is 0 Å². The predicted octanol–water partition coefficient (Wildman–Crippen LogP) is 12.0. The Labute approximate surface area is 306 Å². The van der Waals surface area contributed by atoms with Crippen molar-refractivity contribution in [1.82, 2.24) is 5.32 Å². The average molecular weight is 694 g/mol. The average Bonchev–Trinajstić information content (AvgIpc) is 3.10. The predicted molar refractivity (Wildman–Crippen MR) is 212 cm³/mol. The van der Waals surface area contributed by atoms with Crippen LogP contribution in [0.4, 0.5) is 0 Å². The number of carbonyl (C=O) groups excluding carboxylic acids is 2. The molecule has 0 bridgehead atoms. The third-order valence-electron chi connectivity index (χ3n) is 8.03. The molecule has 0 fully saturated rings. The molecule has 0 saturated heterocycles. The van der Waals surface area contributed by atoms with Crippen molar-refractivity contribution in [3.63, 3.8) is 0 Å². The van der Waals surface area contributed by atoms with Gasteiger partial charge in [-0.05, 0) is 89.2 Å². The molecule has 0 rings (SSSR count). The molecule has 0 aliphatic rings. The third-order valence-corrected chi connectivity index (χ3v) is 8.03. The lowest BCUT2D eigenvalue weighted by molar-refractivity contribution is -0.145. The molecule has 50 heavy (non-hydrogen) atoms. The van der Waals surface area contributed by atoms with Gasteiger partial charge in [-0.25, -0.2) is 0 Å². The first kappa shape index (κ1) is 46.6. The van der Waals surface area contributed by atoms with Gasteiger partial charge in [0.15, 0.2) is 0 Å². The zero-order chi connectivity index (χ0) is 36.6. The molecule has 1 atom stereocenters. The van der Waals surface area contributed by atoms with Crippen LogP contribution in [0, 0.1) is 0 Å². The van der Waals surface area contributed by atoms with Crippen LogP contribution in [-0.4, -0.2) is 35.6 Å². The largest absolute Gasteiger partial charge is 0.480 e. The summed E-state index contributed by atoms with van der Waals surface area (Å²) < 4.78 is 5.76. The fourth-order valence-electron chi connectivity index (χ4n) is 5.17. The molecular weight excluding hydrogens is 622 g/mol. The van der Waals surface area contributed by atoms with E-state index in [0.717, 1.165) is 77.0 Å². The zero-order valence-corrected chi connectivity index (χ0v) is 31.7. The molecular formula is C44H71NO5. The van der Waals surface area contributed by atoms with E-state index in [2.05, 4.69) is 79.9 Å². The zero-order valence-electron chi connectivity index (χ0n) is 31.7. The van der Waals surface area contributed by atoms with E-state index >= 15 is 0 Å². The standard InChI is InChI=1S/C44H71NO5/c1-3-5-7-9-10-11-12-13-14-15-16-17-18-19-20-21-22-23-24-25-26-31-35-39-44(49)50-41(36-32-28-8-6-4-2)37-33-29-27-30-34-38-42(46)45-40-43(47)48/h5-8,10-11,13-14,16-17,32-33,36-37,41H,3-4,9,12,15,18-31,34-35,38-40H2,1-2H3,(H,45,46)(H,47,48)/b7-5-,8-6-,11-10-,14-13-,17-16-,36-32-,37-33-. The van der Waals surface area contributed by atoms with Crippen LogP contribution in [0.5, 0.6) is 0 Å². The second kappa shape index (κ2) is 38.4. The van der Waals surface area contributed by atoms with Crippen molar-refractivity contribution in [2.75, 3.05) is 6.54 Å². The highest BCUT2D eigenvalue weighted by molar-refractivity contribution is 5.80. The Bertz CT molecular complexity index is 1030. The molecule has 2 N–H and O–H groups in total. The number of ether oxygens (including phenoxy) is 1. The van der Waals surface area contributed by atoms with Gasteiger partial charge in [0.2, 0.25) is 5.91 Å². The molecule has 6 nitrogen and oxygen atoms in total. The highest BCUT2D eigenvalue weighted by atomic mass is 16.5. The summed E-state index contributed by atoms with van der Waals surface area (Å²) in [7, 11) is 0. The summed E-state index contributed by atoms with van der Waals surface area (Å²) in [6.45, 7) is 3.93. The Morgan fingerprint density at radius 2 is 0.940 bits per heavy atom. The van der Waals surface area contributed by atoms with Crippen molar-refractivity contribution in [3.05, 3.63) is 85.1 Å². The quantitative estimate of drug-likeness (QED) is 0.0397. The molecule has 1 amide bonds. The van der Waals surface area contributed by atoms with Gasteiger partial charge in [0.1, 0.15) is 12.6 Å². The number of rotatable bonds is 34. The second-order valence-electron chi connectivity index (χ2n) is 12.8. The van der Waals surface area contributed by atoms with Crippen LogP contribution in [0.25, 0.3) is 0 Å². The smallest absolute Gasteiger partial charge is 0.322 e. The lowest BCUT2D eigenvalue weighted by atomic mass is 10.0. The Morgan fingerprint density at radius 1 is 0.520 bits per heavy atom.